The first-order valence-corrected chi connectivity index (χ1v) is 19.0. The van der Waals surface area contributed by atoms with Crippen molar-refractivity contribution in [2.24, 2.45) is 0 Å². The highest BCUT2D eigenvalue weighted by Crippen LogP contribution is 2.57. The van der Waals surface area contributed by atoms with Crippen molar-refractivity contribution in [3.8, 4) is 34.5 Å². The number of rotatable bonds is 4. The van der Waals surface area contributed by atoms with E-state index in [0.717, 1.165) is 101 Å². The Hall–Kier alpha value is -7.44. The van der Waals surface area contributed by atoms with Crippen LogP contribution in [0.25, 0.3) is 21.5 Å². The molecular formula is C50H31BN2O3. The van der Waals surface area contributed by atoms with Crippen LogP contribution in [0.1, 0.15) is 0 Å². The number of ether oxygens (including phenoxy) is 3. The molecule has 0 aromatic heterocycles. The molecule has 0 atom stereocenters. The number of nitrogens with zero attached hydrogens (tertiary/aromatic N) is 2. The Bertz CT molecular complexity index is 2990. The van der Waals surface area contributed by atoms with Crippen molar-refractivity contribution in [1.29, 1.82) is 0 Å². The van der Waals surface area contributed by atoms with Gasteiger partial charge in [0.05, 0.1) is 11.4 Å². The van der Waals surface area contributed by atoms with Crippen LogP contribution in [-0.2, 0) is 0 Å². The molecule has 0 radical (unpaired) electrons. The van der Waals surface area contributed by atoms with E-state index in [-0.39, 0.29) is 6.71 Å². The molecule has 0 saturated carbocycles. The van der Waals surface area contributed by atoms with Gasteiger partial charge < -0.3 is 24.0 Å². The molecule has 0 aliphatic carbocycles. The van der Waals surface area contributed by atoms with Gasteiger partial charge in [0.15, 0.2) is 17.2 Å². The number of para-hydroxylation sites is 5. The number of fused-ring (bicyclic) bond motifs is 12. The first kappa shape index (κ1) is 31.0. The summed E-state index contributed by atoms with van der Waals surface area (Å²) in [4.78, 5) is 4.64. The highest BCUT2D eigenvalue weighted by molar-refractivity contribution is 7.01. The maximum Gasteiger partial charge on any atom is 0.262 e. The minimum absolute atomic E-state index is 0.212. The molecule has 3 aliphatic rings. The van der Waals surface area contributed by atoms with E-state index < -0.39 is 0 Å². The highest BCUT2D eigenvalue weighted by Gasteiger charge is 2.46. The van der Waals surface area contributed by atoms with Crippen molar-refractivity contribution in [2.45, 2.75) is 0 Å². The van der Waals surface area contributed by atoms with Crippen LogP contribution < -0.4 is 40.4 Å². The van der Waals surface area contributed by atoms with E-state index in [1.165, 1.54) is 0 Å². The molecule has 3 heterocycles. The molecule has 9 aromatic rings. The highest BCUT2D eigenvalue weighted by atomic mass is 16.5. The molecule has 3 aliphatic heterocycles. The largest absolute Gasteiger partial charge is 0.458 e. The van der Waals surface area contributed by atoms with Crippen LogP contribution in [0, 0.1) is 0 Å². The first-order valence-electron chi connectivity index (χ1n) is 19.0. The molecule has 9 aromatic carbocycles. The topological polar surface area (TPSA) is 34.2 Å². The summed E-state index contributed by atoms with van der Waals surface area (Å²) in [5, 5.41) is 4.43. The lowest BCUT2D eigenvalue weighted by atomic mass is 9.33. The Morgan fingerprint density at radius 2 is 0.929 bits per heavy atom. The van der Waals surface area contributed by atoms with Gasteiger partial charge in [-0.25, -0.2) is 0 Å². The molecule has 0 N–H and O–H groups in total. The fourth-order valence-electron chi connectivity index (χ4n) is 9.06. The van der Waals surface area contributed by atoms with E-state index in [2.05, 4.69) is 180 Å². The molecule has 0 fully saturated rings. The second-order valence-corrected chi connectivity index (χ2v) is 14.4. The van der Waals surface area contributed by atoms with E-state index in [1.807, 2.05) is 18.2 Å². The fraction of sp³-hybridized carbons (Fsp3) is 0. The molecule has 12 rings (SSSR count). The van der Waals surface area contributed by atoms with Crippen molar-refractivity contribution in [3.63, 3.8) is 0 Å². The summed E-state index contributed by atoms with van der Waals surface area (Å²) in [6.07, 6.45) is 0. The quantitative estimate of drug-likeness (QED) is 0.169. The van der Waals surface area contributed by atoms with E-state index in [4.69, 9.17) is 14.2 Å². The van der Waals surface area contributed by atoms with Gasteiger partial charge in [-0.3, -0.25) is 0 Å². The van der Waals surface area contributed by atoms with Crippen molar-refractivity contribution in [1.82, 2.24) is 0 Å². The van der Waals surface area contributed by atoms with Crippen LogP contribution in [0.2, 0.25) is 0 Å². The van der Waals surface area contributed by atoms with Gasteiger partial charge >= 0.3 is 0 Å². The van der Waals surface area contributed by atoms with Gasteiger partial charge in [-0.2, -0.15) is 0 Å². The molecule has 0 bridgehead atoms. The number of hydrogen-bond acceptors (Lipinski definition) is 5. The molecule has 0 spiro atoms. The minimum Gasteiger partial charge on any atom is -0.458 e. The Morgan fingerprint density at radius 1 is 0.393 bits per heavy atom. The minimum atomic E-state index is -0.212. The average molecular weight is 719 g/mol. The molecule has 0 unspecified atom stereocenters. The van der Waals surface area contributed by atoms with E-state index in [9.17, 15) is 0 Å². The van der Waals surface area contributed by atoms with Gasteiger partial charge in [0.1, 0.15) is 22.9 Å². The van der Waals surface area contributed by atoms with Crippen LogP contribution in [-0.4, -0.2) is 6.71 Å². The SMILES string of the molecule is c1ccc(N(c2ccccc2)c2cc3c(c4ccccc24)B2c4c(cccc4Oc4c5c(c6ccccc6c42)N(c2ccccc2)c2ccccc2O5)O3)cc1. The van der Waals surface area contributed by atoms with Crippen LogP contribution in [0.15, 0.2) is 188 Å². The predicted molar refractivity (Wildman–Crippen MR) is 229 cm³/mol. The summed E-state index contributed by atoms with van der Waals surface area (Å²) in [6.45, 7) is -0.212. The van der Waals surface area contributed by atoms with E-state index >= 15 is 0 Å². The summed E-state index contributed by atoms with van der Waals surface area (Å²) in [5.74, 6) is 4.56. The molecule has 5 nitrogen and oxygen atoms in total. The third kappa shape index (κ3) is 4.44. The fourth-order valence-corrected chi connectivity index (χ4v) is 9.06. The second kappa shape index (κ2) is 12.0. The van der Waals surface area contributed by atoms with Crippen LogP contribution in [0.5, 0.6) is 34.5 Å². The van der Waals surface area contributed by atoms with Gasteiger partial charge in [0, 0.05) is 39.4 Å². The van der Waals surface area contributed by atoms with Crippen LogP contribution >= 0.6 is 0 Å². The Balaban J connectivity index is 1.17. The summed E-state index contributed by atoms with van der Waals surface area (Å²) in [7, 11) is 0. The molecular weight excluding hydrogens is 687 g/mol. The Labute approximate surface area is 324 Å². The summed E-state index contributed by atoms with van der Waals surface area (Å²) in [6, 6.07) is 65.6. The lowest BCUT2D eigenvalue weighted by Gasteiger charge is -2.39. The Morgan fingerprint density at radius 3 is 1.64 bits per heavy atom. The smallest absolute Gasteiger partial charge is 0.262 e. The molecule has 262 valence electrons. The van der Waals surface area contributed by atoms with Crippen molar-refractivity contribution < 1.29 is 14.2 Å². The number of benzene rings is 9. The molecule has 56 heavy (non-hydrogen) atoms. The predicted octanol–water partition coefficient (Wildman–Crippen LogP) is 11.8. The van der Waals surface area contributed by atoms with Crippen molar-refractivity contribution in [2.75, 3.05) is 9.80 Å². The summed E-state index contributed by atoms with van der Waals surface area (Å²) in [5.41, 5.74) is 9.35. The van der Waals surface area contributed by atoms with Gasteiger partial charge in [0.2, 0.25) is 0 Å². The average Bonchev–Trinajstić information content (AvgIpc) is 3.26. The monoisotopic (exact) mass is 718 g/mol. The van der Waals surface area contributed by atoms with Gasteiger partial charge in [0.25, 0.3) is 6.71 Å². The van der Waals surface area contributed by atoms with Gasteiger partial charge in [-0.1, -0.05) is 121 Å². The van der Waals surface area contributed by atoms with E-state index in [1.54, 1.807) is 0 Å². The molecule has 0 amide bonds. The Kier molecular flexibility index (Phi) is 6.66. The summed E-state index contributed by atoms with van der Waals surface area (Å²) < 4.78 is 21.1. The van der Waals surface area contributed by atoms with E-state index in [0.29, 0.717) is 5.75 Å². The first-order chi connectivity index (χ1) is 27.8. The van der Waals surface area contributed by atoms with Gasteiger partial charge in [-0.05, 0) is 82.4 Å². The van der Waals surface area contributed by atoms with Gasteiger partial charge in [-0.15, -0.1) is 0 Å². The maximum absolute atomic E-state index is 7.09. The zero-order valence-electron chi connectivity index (χ0n) is 30.1. The van der Waals surface area contributed by atoms with Crippen molar-refractivity contribution in [3.05, 3.63) is 188 Å². The lowest BCUT2D eigenvalue weighted by molar-refractivity contribution is 0.416. The maximum atomic E-state index is 7.09. The number of hydrogen-bond donors (Lipinski definition) is 0. The zero-order valence-corrected chi connectivity index (χ0v) is 30.1. The number of anilines is 6. The van der Waals surface area contributed by atoms with Crippen LogP contribution in [0.4, 0.5) is 34.1 Å². The van der Waals surface area contributed by atoms with Crippen molar-refractivity contribution >= 4 is 78.8 Å². The van der Waals surface area contributed by atoms with Crippen LogP contribution in [0.3, 0.4) is 0 Å². The normalized spacial score (nSPS) is 13.0. The lowest BCUT2D eigenvalue weighted by Crippen LogP contribution is -2.58. The molecule has 0 saturated heterocycles. The summed E-state index contributed by atoms with van der Waals surface area (Å²) >= 11 is 0. The second-order valence-electron chi connectivity index (χ2n) is 14.4. The zero-order chi connectivity index (χ0) is 36.7. The molecule has 6 heteroatoms. The standard InChI is InChI=1S/C50H31BN2O3/c1-4-17-32(18-5-1)52(33-19-6-2-7-20-33)40-31-44-45(36-24-11-10-23-35(36)40)51-46-37-25-12-13-26-38(37)48-50(49(46)56-43-30-16-29-42(54-44)47(43)51)55-41-28-15-14-27-39(41)53(48)34-21-8-3-9-22-34/h1-31H. The third-order valence-corrected chi connectivity index (χ3v) is 11.3. The third-order valence-electron chi connectivity index (χ3n) is 11.3.